The third-order valence-corrected chi connectivity index (χ3v) is 7.10. The van der Waals surface area contributed by atoms with Crippen LogP contribution in [0.5, 0.6) is 0 Å². The van der Waals surface area contributed by atoms with Crippen molar-refractivity contribution in [3.63, 3.8) is 0 Å². The number of nitrogens with one attached hydrogen (secondary N) is 2. The quantitative estimate of drug-likeness (QED) is 0.394. The summed E-state index contributed by atoms with van der Waals surface area (Å²) in [5.74, 6) is -4.37. The molecule has 0 saturated carbocycles. The molecule has 2 aliphatic heterocycles. The van der Waals surface area contributed by atoms with Crippen LogP contribution >= 0.6 is 0 Å². The molecule has 0 bridgehead atoms. The Morgan fingerprint density at radius 3 is 1.03 bits per heavy atom. The van der Waals surface area contributed by atoms with Crippen molar-refractivity contribution in [1.29, 1.82) is 0 Å². The third kappa shape index (κ3) is 11.4. The highest BCUT2D eigenvalue weighted by Gasteiger charge is 2.52. The Hall–Kier alpha value is -1.30. The van der Waals surface area contributed by atoms with Crippen LogP contribution in [0.1, 0.15) is 108 Å². The standard InChI is InChI=1S/2C13H27NO2.C2H2O4/c2*1-7-8-16-11-9-12(2,3)14(15-6)13(4,5)10-11;3-1(4)2(5)6/h2*11H,7-10H2,1-6H3;(H,3,4)(H,5,6). The number of carbonyl (C=O) groups excluding carboxylic acids is 2. The summed E-state index contributed by atoms with van der Waals surface area (Å²) >= 11 is 0. The van der Waals surface area contributed by atoms with E-state index in [-0.39, 0.29) is 22.2 Å². The summed E-state index contributed by atoms with van der Waals surface area (Å²) in [7, 11) is 3.60. The molecule has 2 N–H and O–H groups in total. The first-order valence-corrected chi connectivity index (χ1v) is 13.8. The zero-order valence-corrected chi connectivity index (χ0v) is 26.1. The van der Waals surface area contributed by atoms with Gasteiger partial charge in [-0.2, -0.15) is 10.1 Å². The zero-order chi connectivity index (χ0) is 29.9. The summed E-state index contributed by atoms with van der Waals surface area (Å²) in [6, 6.07) is 0. The van der Waals surface area contributed by atoms with Gasteiger partial charge in [0.15, 0.2) is 0 Å². The van der Waals surface area contributed by atoms with Gasteiger partial charge in [-0.25, -0.2) is 9.68 Å². The van der Waals surface area contributed by atoms with E-state index in [0.29, 0.717) is 12.2 Å². The van der Waals surface area contributed by atoms with Gasteiger partial charge in [-0.15, -0.1) is 0 Å². The van der Waals surface area contributed by atoms with Crippen LogP contribution in [0.15, 0.2) is 0 Å². The molecule has 2 aliphatic rings. The van der Waals surface area contributed by atoms with E-state index >= 15 is 0 Å². The molecule has 0 aromatic heterocycles. The third-order valence-electron chi connectivity index (χ3n) is 7.10. The van der Waals surface area contributed by atoms with Gasteiger partial charge in [0.05, 0.1) is 38.4 Å². The first kappa shape index (κ1) is 36.7. The van der Waals surface area contributed by atoms with Gasteiger partial charge in [-0.05, 0) is 68.2 Å². The molecule has 0 atom stereocenters. The van der Waals surface area contributed by atoms with Crippen molar-refractivity contribution >= 4 is 11.9 Å². The summed E-state index contributed by atoms with van der Waals surface area (Å²) in [5, 5.41) is 20.3. The number of hydrogen-bond acceptors (Lipinski definition) is 8. The van der Waals surface area contributed by atoms with Crippen LogP contribution in [0.25, 0.3) is 0 Å². The van der Waals surface area contributed by atoms with Crippen molar-refractivity contribution in [1.82, 2.24) is 0 Å². The topological polar surface area (TPSA) is 126 Å². The molecule has 0 aromatic rings. The number of hydrogen-bond donors (Lipinski definition) is 2. The maximum absolute atomic E-state index is 8.93. The highest BCUT2D eigenvalue weighted by atomic mass is 16.7. The Labute approximate surface area is 230 Å². The molecule has 0 radical (unpaired) electrons. The number of carboxylic acid groups (broad SMARTS) is 2. The molecular formula is C28H56N2O8. The predicted octanol–water partition coefficient (Wildman–Crippen LogP) is -0.356. The van der Waals surface area contributed by atoms with Crippen LogP contribution in [-0.2, 0) is 28.7 Å². The van der Waals surface area contributed by atoms with E-state index in [2.05, 4.69) is 69.2 Å². The van der Waals surface area contributed by atoms with Gasteiger partial charge < -0.3 is 29.3 Å². The summed E-state index contributed by atoms with van der Waals surface area (Å²) in [6.07, 6.45) is 7.22. The SMILES string of the molecule is CCCOC1CC(C)(C)[NH+](OC)C(C)(C)C1.CCCOC1CC(C)(C)[NH+](OC)C(C)(C)C1.O=C([O-])C(=O)[O-]. The largest absolute Gasteiger partial charge is 0.543 e. The van der Waals surface area contributed by atoms with Crippen LogP contribution < -0.4 is 20.3 Å². The minimum Gasteiger partial charge on any atom is -0.543 e. The Morgan fingerprint density at radius 1 is 0.632 bits per heavy atom. The molecule has 226 valence electrons. The second kappa shape index (κ2) is 15.5. The minimum absolute atomic E-state index is 0.120. The lowest BCUT2D eigenvalue weighted by atomic mass is 9.80. The molecule has 2 rings (SSSR count). The Morgan fingerprint density at radius 2 is 0.868 bits per heavy atom. The van der Waals surface area contributed by atoms with Crippen LogP contribution in [0.4, 0.5) is 0 Å². The zero-order valence-electron chi connectivity index (χ0n) is 26.1. The molecular weight excluding hydrogens is 492 g/mol. The lowest BCUT2D eigenvalue weighted by Gasteiger charge is -2.48. The average Bonchev–Trinajstić information content (AvgIpc) is 2.74. The van der Waals surface area contributed by atoms with E-state index in [4.69, 9.17) is 39.0 Å². The van der Waals surface area contributed by atoms with E-state index in [9.17, 15) is 0 Å². The minimum atomic E-state index is -2.19. The summed E-state index contributed by atoms with van der Waals surface area (Å²) < 4.78 is 11.9. The Bertz CT molecular complexity index is 628. The first-order chi connectivity index (χ1) is 17.3. The molecule has 38 heavy (non-hydrogen) atoms. The van der Waals surface area contributed by atoms with Gasteiger partial charge >= 0.3 is 0 Å². The van der Waals surface area contributed by atoms with Gasteiger partial charge in [-0.3, -0.25) is 0 Å². The molecule has 0 aliphatic carbocycles. The Kier molecular flexibility index (Phi) is 14.9. The van der Waals surface area contributed by atoms with E-state index < -0.39 is 11.9 Å². The maximum Gasteiger partial charge on any atom is 0.125 e. The van der Waals surface area contributed by atoms with Crippen molar-refractivity contribution in [2.75, 3.05) is 27.4 Å². The van der Waals surface area contributed by atoms with Crippen LogP contribution in [-0.4, -0.2) is 73.7 Å². The number of quaternary nitrogens is 2. The fourth-order valence-electron chi connectivity index (χ4n) is 6.53. The smallest absolute Gasteiger partial charge is 0.125 e. The van der Waals surface area contributed by atoms with Crippen LogP contribution in [0.3, 0.4) is 0 Å². The van der Waals surface area contributed by atoms with E-state index in [1.807, 2.05) is 0 Å². The molecule has 2 fully saturated rings. The number of piperidine rings is 2. The van der Waals surface area contributed by atoms with Gasteiger partial charge in [0.1, 0.15) is 22.2 Å². The summed E-state index contributed by atoms with van der Waals surface area (Å²) in [6.45, 7) is 24.1. The number of aliphatic carboxylic acids is 2. The first-order valence-electron chi connectivity index (χ1n) is 13.8. The van der Waals surface area contributed by atoms with E-state index in [1.165, 1.54) is 10.1 Å². The lowest BCUT2D eigenvalue weighted by molar-refractivity contribution is -1.16. The van der Waals surface area contributed by atoms with Crippen LogP contribution in [0, 0.1) is 0 Å². The van der Waals surface area contributed by atoms with E-state index in [0.717, 1.165) is 51.7 Å². The highest BCUT2D eigenvalue weighted by molar-refractivity contribution is 6.25. The van der Waals surface area contributed by atoms with Gasteiger partial charge in [0.25, 0.3) is 0 Å². The summed E-state index contributed by atoms with van der Waals surface area (Å²) in [5.41, 5.74) is 0.480. The molecule has 0 spiro atoms. The molecule has 0 amide bonds. The molecule has 0 aromatic carbocycles. The maximum atomic E-state index is 8.93. The highest BCUT2D eigenvalue weighted by Crippen LogP contribution is 2.27. The van der Waals surface area contributed by atoms with Gasteiger partial charge in [0.2, 0.25) is 0 Å². The van der Waals surface area contributed by atoms with Crippen LogP contribution in [0.2, 0.25) is 0 Å². The normalized spacial score (nSPS) is 28.6. The number of hydroxylamine groups is 4. The van der Waals surface area contributed by atoms with Crippen molar-refractivity contribution in [2.45, 2.75) is 142 Å². The van der Waals surface area contributed by atoms with Gasteiger partial charge in [-0.1, -0.05) is 13.8 Å². The fraction of sp³-hybridized carbons (Fsp3) is 0.929. The number of rotatable bonds is 8. The number of carbonyl (C=O) groups is 2. The predicted molar refractivity (Wildman–Crippen MR) is 141 cm³/mol. The number of ether oxygens (including phenoxy) is 2. The summed E-state index contributed by atoms with van der Waals surface area (Å²) in [4.78, 5) is 29.1. The molecule has 10 heteroatoms. The number of carboxylic acids is 2. The van der Waals surface area contributed by atoms with Gasteiger partial charge in [0, 0.05) is 38.9 Å². The fourth-order valence-corrected chi connectivity index (χ4v) is 6.53. The van der Waals surface area contributed by atoms with Crippen molar-refractivity contribution in [2.24, 2.45) is 0 Å². The Balaban J connectivity index is 0.000000596. The van der Waals surface area contributed by atoms with E-state index in [1.54, 1.807) is 14.2 Å². The molecule has 2 heterocycles. The van der Waals surface area contributed by atoms with Crippen molar-refractivity contribution < 1.29 is 49.1 Å². The average molecular weight is 549 g/mol. The molecule has 10 nitrogen and oxygen atoms in total. The molecule has 2 saturated heterocycles. The second-order valence-electron chi connectivity index (χ2n) is 13.0. The van der Waals surface area contributed by atoms with Crippen molar-refractivity contribution in [3.8, 4) is 0 Å². The van der Waals surface area contributed by atoms with Crippen molar-refractivity contribution in [3.05, 3.63) is 0 Å². The second-order valence-corrected chi connectivity index (χ2v) is 13.0. The lowest BCUT2D eigenvalue weighted by Crippen LogP contribution is -3.26. The molecule has 0 unspecified atom stereocenters. The monoisotopic (exact) mass is 548 g/mol.